The van der Waals surface area contributed by atoms with Gasteiger partial charge in [0.1, 0.15) is 0 Å². The maximum absolute atomic E-state index is 11.6. The normalized spacial score (nSPS) is 21.0. The van der Waals surface area contributed by atoms with E-state index in [2.05, 4.69) is 0 Å². The Balaban J connectivity index is 2.34. The Morgan fingerprint density at radius 1 is 1.47 bits per heavy atom. The molecule has 4 heteroatoms. The van der Waals surface area contributed by atoms with E-state index in [1.807, 2.05) is 17.9 Å². The van der Waals surface area contributed by atoms with Crippen LogP contribution in [0.25, 0.3) is 0 Å². The Morgan fingerprint density at radius 3 is 3.06 bits per heavy atom. The van der Waals surface area contributed by atoms with Crippen LogP contribution in [-0.4, -0.2) is 17.9 Å². The second kappa shape index (κ2) is 5.17. The summed E-state index contributed by atoms with van der Waals surface area (Å²) in [4.78, 5) is 13.0. The van der Waals surface area contributed by atoms with E-state index in [0.29, 0.717) is 5.69 Å². The molecule has 0 N–H and O–H groups in total. The predicted octanol–water partition coefficient (Wildman–Crippen LogP) is 1.70. The Morgan fingerprint density at radius 2 is 2.29 bits per heavy atom. The van der Waals surface area contributed by atoms with Gasteiger partial charge in [-0.25, -0.2) is 0 Å². The molecule has 1 unspecified atom stereocenters. The Kier molecular flexibility index (Phi) is 3.61. The number of carbonyl (C=O) groups is 1. The molecule has 2 rings (SSSR count). The van der Waals surface area contributed by atoms with Crippen LogP contribution in [0.4, 0.5) is 0 Å². The van der Waals surface area contributed by atoms with Gasteiger partial charge in [-0.3, -0.25) is 4.79 Å². The molecule has 1 fully saturated rings. The van der Waals surface area contributed by atoms with E-state index in [9.17, 15) is 10.0 Å². The molecule has 1 saturated heterocycles. The van der Waals surface area contributed by atoms with E-state index in [-0.39, 0.29) is 6.04 Å². The third kappa shape index (κ3) is 2.40. The smallest absolute Gasteiger partial charge is 0.210 e. The molecule has 1 amide bonds. The van der Waals surface area contributed by atoms with Crippen molar-refractivity contribution < 1.29 is 9.52 Å². The summed E-state index contributed by atoms with van der Waals surface area (Å²) in [5.74, 6) is 0. The van der Waals surface area contributed by atoms with Crippen LogP contribution < -0.4 is 4.73 Å². The van der Waals surface area contributed by atoms with E-state index in [1.54, 1.807) is 6.07 Å². The van der Waals surface area contributed by atoms with Crippen LogP contribution in [-0.2, 0) is 4.79 Å². The average Bonchev–Trinajstić information content (AvgIpc) is 2.57. The first kappa shape index (κ1) is 11.9. The first-order chi connectivity index (χ1) is 8.24. The number of likely N-dealkylation sites (tertiary alicyclic amines) is 1. The average molecular weight is 234 g/mol. The lowest BCUT2D eigenvalue weighted by molar-refractivity contribution is -0.613. The van der Waals surface area contributed by atoms with Crippen molar-refractivity contribution in [3.05, 3.63) is 34.8 Å². The van der Waals surface area contributed by atoms with Gasteiger partial charge in [0.2, 0.25) is 6.41 Å². The second-order valence-electron chi connectivity index (χ2n) is 4.58. The maximum Gasteiger partial charge on any atom is 0.210 e. The number of nitrogens with zero attached hydrogens (tertiary/aromatic N) is 2. The summed E-state index contributed by atoms with van der Waals surface area (Å²) in [5, 5.41) is 11.6. The molecule has 0 aliphatic carbocycles. The zero-order valence-corrected chi connectivity index (χ0v) is 10.1. The zero-order chi connectivity index (χ0) is 12.3. The van der Waals surface area contributed by atoms with Crippen LogP contribution in [0, 0.1) is 12.1 Å². The van der Waals surface area contributed by atoms with Crippen molar-refractivity contribution in [2.45, 2.75) is 38.6 Å². The van der Waals surface area contributed by atoms with Gasteiger partial charge in [0, 0.05) is 25.1 Å². The number of rotatable bonds is 2. The summed E-state index contributed by atoms with van der Waals surface area (Å²) >= 11 is 0. The molecule has 0 bridgehead atoms. The van der Waals surface area contributed by atoms with Gasteiger partial charge in [0.05, 0.1) is 6.04 Å². The van der Waals surface area contributed by atoms with Crippen molar-refractivity contribution in [3.63, 3.8) is 0 Å². The summed E-state index contributed by atoms with van der Waals surface area (Å²) < 4.78 is 0.878. The lowest BCUT2D eigenvalue weighted by atomic mass is 10.00. The van der Waals surface area contributed by atoms with E-state index in [1.165, 1.54) is 6.20 Å². The fourth-order valence-corrected chi connectivity index (χ4v) is 2.53. The second-order valence-corrected chi connectivity index (χ2v) is 4.58. The number of hydrogen-bond donors (Lipinski definition) is 0. The van der Waals surface area contributed by atoms with Gasteiger partial charge in [-0.1, -0.05) is 12.8 Å². The number of pyridine rings is 1. The highest BCUT2D eigenvalue weighted by molar-refractivity contribution is 5.49. The molecule has 0 saturated carbocycles. The minimum Gasteiger partial charge on any atom is -0.619 e. The van der Waals surface area contributed by atoms with Crippen LogP contribution in [0.2, 0.25) is 0 Å². The van der Waals surface area contributed by atoms with E-state index < -0.39 is 0 Å². The summed E-state index contributed by atoms with van der Waals surface area (Å²) in [7, 11) is 0. The first-order valence-electron chi connectivity index (χ1n) is 6.13. The van der Waals surface area contributed by atoms with Gasteiger partial charge in [0.15, 0.2) is 11.9 Å². The quantitative estimate of drug-likeness (QED) is 0.444. The van der Waals surface area contributed by atoms with Crippen molar-refractivity contribution >= 4 is 6.41 Å². The molecule has 4 nitrogen and oxygen atoms in total. The third-order valence-electron chi connectivity index (χ3n) is 3.53. The van der Waals surface area contributed by atoms with E-state index >= 15 is 0 Å². The van der Waals surface area contributed by atoms with Crippen LogP contribution >= 0.6 is 0 Å². The highest BCUT2D eigenvalue weighted by Gasteiger charge is 2.25. The number of carbonyl (C=O) groups excluding carboxylic acids is 1. The minimum atomic E-state index is 0.0661. The van der Waals surface area contributed by atoms with Crippen LogP contribution in [0.5, 0.6) is 0 Å². The molecule has 1 aromatic heterocycles. The first-order valence-corrected chi connectivity index (χ1v) is 6.13. The highest BCUT2D eigenvalue weighted by Crippen LogP contribution is 2.29. The largest absolute Gasteiger partial charge is 0.619 e. The topological polar surface area (TPSA) is 47.2 Å². The van der Waals surface area contributed by atoms with Gasteiger partial charge >= 0.3 is 0 Å². The lowest BCUT2D eigenvalue weighted by Gasteiger charge is -2.26. The number of hydrogen-bond acceptors (Lipinski definition) is 2. The molecule has 0 aromatic carbocycles. The molecule has 0 spiro atoms. The number of amides is 1. The van der Waals surface area contributed by atoms with Gasteiger partial charge in [-0.05, 0) is 18.9 Å². The minimum absolute atomic E-state index is 0.0661. The lowest BCUT2D eigenvalue weighted by Crippen LogP contribution is -2.34. The van der Waals surface area contributed by atoms with Crippen molar-refractivity contribution in [1.82, 2.24) is 4.90 Å². The fourth-order valence-electron chi connectivity index (χ4n) is 2.53. The molecule has 1 atom stereocenters. The van der Waals surface area contributed by atoms with Gasteiger partial charge < -0.3 is 10.1 Å². The zero-order valence-electron chi connectivity index (χ0n) is 10.1. The van der Waals surface area contributed by atoms with Gasteiger partial charge in [-0.2, -0.15) is 4.73 Å². The summed E-state index contributed by atoms with van der Waals surface area (Å²) in [6.45, 7) is 2.61. The Labute approximate surface area is 101 Å². The maximum atomic E-state index is 11.6. The SMILES string of the molecule is Cc1c(C2CCCCCN2C=O)ccc[n+]1[O-]. The number of aromatic nitrogens is 1. The van der Waals surface area contributed by atoms with Crippen molar-refractivity contribution in [1.29, 1.82) is 0 Å². The van der Waals surface area contributed by atoms with Crippen LogP contribution in [0.15, 0.2) is 18.3 Å². The molecule has 0 radical (unpaired) electrons. The molecule has 2 heterocycles. The van der Waals surface area contributed by atoms with E-state index in [4.69, 9.17) is 0 Å². The van der Waals surface area contributed by atoms with Crippen LogP contribution in [0.3, 0.4) is 0 Å². The van der Waals surface area contributed by atoms with E-state index in [0.717, 1.165) is 48.9 Å². The standard InChI is InChI=1S/C13H18N2O2/c1-11-12(6-5-9-15(11)17)13-7-3-2-4-8-14(13)10-16/h5-6,9-10,13H,2-4,7-8H2,1H3. The van der Waals surface area contributed by atoms with Crippen molar-refractivity contribution in [2.75, 3.05) is 6.54 Å². The molecular formula is C13H18N2O2. The molecule has 92 valence electrons. The van der Waals surface area contributed by atoms with Gasteiger partial charge in [0.25, 0.3) is 0 Å². The molecular weight excluding hydrogens is 216 g/mol. The molecule has 1 aliphatic heterocycles. The summed E-state index contributed by atoms with van der Waals surface area (Å²) in [6.07, 6.45) is 6.69. The predicted molar refractivity (Wildman–Crippen MR) is 64.1 cm³/mol. The Hall–Kier alpha value is -1.58. The van der Waals surface area contributed by atoms with Crippen LogP contribution in [0.1, 0.15) is 43.0 Å². The van der Waals surface area contributed by atoms with Crippen molar-refractivity contribution in [2.24, 2.45) is 0 Å². The molecule has 17 heavy (non-hydrogen) atoms. The third-order valence-corrected chi connectivity index (χ3v) is 3.53. The fraction of sp³-hybridized carbons (Fsp3) is 0.538. The molecule has 1 aliphatic rings. The highest BCUT2D eigenvalue weighted by atomic mass is 16.5. The Bertz CT molecular complexity index is 406. The summed E-state index contributed by atoms with van der Waals surface area (Å²) in [6, 6.07) is 3.77. The molecule has 1 aromatic rings. The monoisotopic (exact) mass is 234 g/mol. The summed E-state index contributed by atoms with van der Waals surface area (Å²) in [5.41, 5.74) is 1.68. The van der Waals surface area contributed by atoms with Crippen molar-refractivity contribution in [3.8, 4) is 0 Å². The van der Waals surface area contributed by atoms with Gasteiger partial charge in [-0.15, -0.1) is 0 Å².